The van der Waals surface area contributed by atoms with Gasteiger partial charge in [-0.15, -0.1) is 0 Å². The molecule has 96 valence electrons. The zero-order chi connectivity index (χ0) is 11.8. The average molecular weight is 226 g/mol. The maximum Gasteiger partial charge on any atom is 0.0104 e. The van der Waals surface area contributed by atoms with Crippen LogP contribution in [0.3, 0.4) is 0 Å². The molecule has 0 amide bonds. The standard InChI is InChI=1S/C14H30N2/c1-13(2)6-5-9-15-10-11-16(3)12-14-7-4-8-14/h13-15H,4-12H2,1-3H3. The lowest BCUT2D eigenvalue weighted by Gasteiger charge is -2.30. The van der Waals surface area contributed by atoms with Gasteiger partial charge in [-0.05, 0) is 51.1 Å². The van der Waals surface area contributed by atoms with Crippen molar-refractivity contribution >= 4 is 0 Å². The zero-order valence-corrected chi connectivity index (χ0v) is 11.5. The fourth-order valence-corrected chi connectivity index (χ4v) is 2.24. The van der Waals surface area contributed by atoms with Crippen molar-refractivity contribution in [3.8, 4) is 0 Å². The molecule has 0 radical (unpaired) electrons. The summed E-state index contributed by atoms with van der Waals surface area (Å²) in [6.07, 6.45) is 7.07. The molecule has 2 heteroatoms. The summed E-state index contributed by atoms with van der Waals surface area (Å²) in [5, 5.41) is 3.54. The second kappa shape index (κ2) is 8.08. The monoisotopic (exact) mass is 226 g/mol. The van der Waals surface area contributed by atoms with Crippen molar-refractivity contribution in [2.45, 2.75) is 46.0 Å². The summed E-state index contributed by atoms with van der Waals surface area (Å²) in [6, 6.07) is 0. The van der Waals surface area contributed by atoms with Gasteiger partial charge in [-0.3, -0.25) is 0 Å². The first-order chi connectivity index (χ1) is 7.68. The van der Waals surface area contributed by atoms with E-state index in [0.29, 0.717) is 0 Å². The first-order valence-corrected chi connectivity index (χ1v) is 7.07. The Morgan fingerprint density at radius 3 is 2.56 bits per heavy atom. The molecule has 1 rings (SSSR count). The molecule has 0 saturated heterocycles. The SMILES string of the molecule is CC(C)CCCNCCN(C)CC1CCC1. The van der Waals surface area contributed by atoms with Gasteiger partial charge in [0.05, 0.1) is 0 Å². The van der Waals surface area contributed by atoms with E-state index in [1.54, 1.807) is 0 Å². The number of hydrogen-bond acceptors (Lipinski definition) is 2. The summed E-state index contributed by atoms with van der Waals surface area (Å²) < 4.78 is 0. The Morgan fingerprint density at radius 2 is 2.00 bits per heavy atom. The summed E-state index contributed by atoms with van der Waals surface area (Å²) >= 11 is 0. The molecule has 0 aliphatic heterocycles. The fourth-order valence-electron chi connectivity index (χ4n) is 2.24. The van der Waals surface area contributed by atoms with Gasteiger partial charge in [0.15, 0.2) is 0 Å². The quantitative estimate of drug-likeness (QED) is 0.608. The Hall–Kier alpha value is -0.0800. The van der Waals surface area contributed by atoms with Crippen LogP contribution in [-0.2, 0) is 0 Å². The van der Waals surface area contributed by atoms with Crippen molar-refractivity contribution in [2.24, 2.45) is 11.8 Å². The van der Waals surface area contributed by atoms with Crippen LogP contribution in [0.15, 0.2) is 0 Å². The molecule has 0 aromatic rings. The number of nitrogens with one attached hydrogen (secondary N) is 1. The van der Waals surface area contributed by atoms with E-state index in [9.17, 15) is 0 Å². The molecule has 0 unspecified atom stereocenters. The lowest BCUT2D eigenvalue weighted by Crippen LogP contribution is -2.34. The maximum absolute atomic E-state index is 3.54. The highest BCUT2D eigenvalue weighted by Crippen LogP contribution is 2.26. The highest BCUT2D eigenvalue weighted by Gasteiger charge is 2.18. The van der Waals surface area contributed by atoms with Crippen LogP contribution in [-0.4, -0.2) is 38.1 Å². The van der Waals surface area contributed by atoms with E-state index in [2.05, 4.69) is 31.1 Å². The minimum atomic E-state index is 0.850. The van der Waals surface area contributed by atoms with E-state index in [0.717, 1.165) is 18.4 Å². The van der Waals surface area contributed by atoms with E-state index in [1.165, 1.54) is 51.7 Å². The molecule has 1 aliphatic carbocycles. The number of likely N-dealkylation sites (N-methyl/N-ethyl adjacent to an activating group) is 1. The van der Waals surface area contributed by atoms with E-state index in [4.69, 9.17) is 0 Å². The van der Waals surface area contributed by atoms with Gasteiger partial charge >= 0.3 is 0 Å². The van der Waals surface area contributed by atoms with Crippen LogP contribution >= 0.6 is 0 Å². The summed E-state index contributed by atoms with van der Waals surface area (Å²) in [6.45, 7) is 9.46. The van der Waals surface area contributed by atoms with Crippen molar-refractivity contribution in [2.75, 3.05) is 33.2 Å². The molecule has 0 atom stereocenters. The van der Waals surface area contributed by atoms with Crippen LogP contribution in [0.25, 0.3) is 0 Å². The Labute approximate surface area is 102 Å². The third kappa shape index (κ3) is 6.49. The van der Waals surface area contributed by atoms with E-state index < -0.39 is 0 Å². The highest BCUT2D eigenvalue weighted by molar-refractivity contribution is 4.72. The molecule has 1 fully saturated rings. The maximum atomic E-state index is 3.54. The Morgan fingerprint density at radius 1 is 1.25 bits per heavy atom. The predicted octanol–water partition coefficient (Wildman–Crippen LogP) is 2.74. The Bertz CT molecular complexity index is 164. The van der Waals surface area contributed by atoms with Gasteiger partial charge in [0, 0.05) is 19.6 Å². The predicted molar refractivity (Wildman–Crippen MR) is 71.8 cm³/mol. The van der Waals surface area contributed by atoms with Crippen molar-refractivity contribution in [1.82, 2.24) is 10.2 Å². The second-order valence-electron chi connectivity index (χ2n) is 5.85. The number of nitrogens with zero attached hydrogens (tertiary/aromatic N) is 1. The Kier molecular flexibility index (Phi) is 7.06. The molecular weight excluding hydrogens is 196 g/mol. The first-order valence-electron chi connectivity index (χ1n) is 7.07. The second-order valence-corrected chi connectivity index (χ2v) is 5.85. The largest absolute Gasteiger partial charge is 0.315 e. The van der Waals surface area contributed by atoms with Gasteiger partial charge in [0.25, 0.3) is 0 Å². The van der Waals surface area contributed by atoms with Gasteiger partial charge in [-0.1, -0.05) is 20.3 Å². The van der Waals surface area contributed by atoms with Crippen LogP contribution in [0.5, 0.6) is 0 Å². The molecule has 0 aromatic carbocycles. The summed E-state index contributed by atoms with van der Waals surface area (Å²) in [4.78, 5) is 2.49. The molecule has 0 aromatic heterocycles. The third-order valence-corrected chi connectivity index (χ3v) is 3.60. The van der Waals surface area contributed by atoms with Crippen LogP contribution in [0.1, 0.15) is 46.0 Å². The molecular formula is C14H30N2. The average Bonchev–Trinajstić information content (AvgIpc) is 2.17. The van der Waals surface area contributed by atoms with E-state index in [-0.39, 0.29) is 0 Å². The summed E-state index contributed by atoms with van der Waals surface area (Å²) in [7, 11) is 2.26. The molecule has 1 saturated carbocycles. The van der Waals surface area contributed by atoms with Gasteiger partial charge in [-0.25, -0.2) is 0 Å². The van der Waals surface area contributed by atoms with Gasteiger partial charge < -0.3 is 10.2 Å². The molecule has 16 heavy (non-hydrogen) atoms. The highest BCUT2D eigenvalue weighted by atomic mass is 15.1. The van der Waals surface area contributed by atoms with Gasteiger partial charge in [0.2, 0.25) is 0 Å². The molecule has 1 aliphatic rings. The third-order valence-electron chi connectivity index (χ3n) is 3.60. The Balaban J connectivity index is 1.82. The summed E-state index contributed by atoms with van der Waals surface area (Å²) in [5.74, 6) is 1.86. The molecule has 0 spiro atoms. The van der Waals surface area contributed by atoms with Crippen molar-refractivity contribution < 1.29 is 0 Å². The lowest BCUT2D eigenvalue weighted by molar-refractivity contribution is 0.206. The van der Waals surface area contributed by atoms with Gasteiger partial charge in [0.1, 0.15) is 0 Å². The van der Waals surface area contributed by atoms with Crippen molar-refractivity contribution in [3.63, 3.8) is 0 Å². The van der Waals surface area contributed by atoms with Crippen LogP contribution in [0.4, 0.5) is 0 Å². The number of hydrogen-bond donors (Lipinski definition) is 1. The molecule has 0 bridgehead atoms. The van der Waals surface area contributed by atoms with E-state index >= 15 is 0 Å². The lowest BCUT2D eigenvalue weighted by atomic mass is 9.85. The summed E-state index contributed by atoms with van der Waals surface area (Å²) in [5.41, 5.74) is 0. The molecule has 1 N–H and O–H groups in total. The first kappa shape index (κ1) is 14.0. The molecule has 2 nitrogen and oxygen atoms in total. The van der Waals surface area contributed by atoms with Crippen molar-refractivity contribution in [1.29, 1.82) is 0 Å². The molecule has 0 heterocycles. The van der Waals surface area contributed by atoms with Crippen LogP contribution in [0, 0.1) is 11.8 Å². The van der Waals surface area contributed by atoms with Crippen LogP contribution < -0.4 is 5.32 Å². The normalized spacial score (nSPS) is 17.1. The zero-order valence-electron chi connectivity index (χ0n) is 11.5. The van der Waals surface area contributed by atoms with Crippen LogP contribution in [0.2, 0.25) is 0 Å². The smallest absolute Gasteiger partial charge is 0.0104 e. The fraction of sp³-hybridized carbons (Fsp3) is 1.00. The minimum Gasteiger partial charge on any atom is -0.315 e. The minimum absolute atomic E-state index is 0.850. The van der Waals surface area contributed by atoms with E-state index in [1.807, 2.05) is 0 Å². The topological polar surface area (TPSA) is 15.3 Å². The number of rotatable bonds is 9. The van der Waals surface area contributed by atoms with Crippen molar-refractivity contribution in [3.05, 3.63) is 0 Å². The van der Waals surface area contributed by atoms with Gasteiger partial charge in [-0.2, -0.15) is 0 Å².